The highest BCUT2D eigenvalue weighted by Crippen LogP contribution is 2.23. The Bertz CT molecular complexity index is 728. The minimum atomic E-state index is -0.290. The van der Waals surface area contributed by atoms with Crippen molar-refractivity contribution in [2.24, 2.45) is 10.7 Å². The predicted molar refractivity (Wildman–Crippen MR) is 108 cm³/mol. The van der Waals surface area contributed by atoms with Crippen LogP contribution in [0.25, 0.3) is 0 Å². The number of amides is 2. The minimum absolute atomic E-state index is 0.0454. The molecule has 1 aliphatic heterocycles. The first-order valence-electron chi connectivity index (χ1n) is 8.34. The lowest BCUT2D eigenvalue weighted by atomic mass is 10.1. The molecule has 7 heteroatoms. The van der Waals surface area contributed by atoms with Crippen LogP contribution < -0.4 is 21.1 Å². The van der Waals surface area contributed by atoms with Crippen LogP contribution >= 0.6 is 11.8 Å². The first-order valence-corrected chi connectivity index (χ1v) is 9.33. The van der Waals surface area contributed by atoms with Crippen molar-refractivity contribution < 1.29 is 9.53 Å². The molecule has 2 amide bonds. The number of nitrogens with two attached hydrogens (primary N) is 1. The maximum absolute atomic E-state index is 12.1. The van der Waals surface area contributed by atoms with E-state index in [1.165, 1.54) is 18.0 Å². The smallest absolute Gasteiger partial charge is 0.321 e. The van der Waals surface area contributed by atoms with E-state index in [-0.39, 0.29) is 12.1 Å². The van der Waals surface area contributed by atoms with Gasteiger partial charge in [0.25, 0.3) is 0 Å². The molecule has 1 unspecified atom stereocenters. The number of thioether (sulfide) groups is 1. The first kappa shape index (κ1) is 19.7. The van der Waals surface area contributed by atoms with Crippen LogP contribution in [0.5, 0.6) is 5.75 Å². The van der Waals surface area contributed by atoms with Crippen LogP contribution in [0.3, 0.4) is 0 Å². The Balaban J connectivity index is 1.88. The van der Waals surface area contributed by atoms with E-state index >= 15 is 0 Å². The summed E-state index contributed by atoms with van der Waals surface area (Å²) in [6, 6.07) is 7.30. The molecule has 1 aromatic rings. The number of hydrogen-bond acceptors (Lipinski definition) is 5. The highest BCUT2D eigenvalue weighted by molar-refractivity contribution is 8.14. The van der Waals surface area contributed by atoms with Crippen molar-refractivity contribution in [1.29, 1.82) is 0 Å². The Morgan fingerprint density at radius 3 is 3.12 bits per heavy atom. The number of benzene rings is 1. The normalized spacial score (nSPS) is 17.0. The second-order valence-electron chi connectivity index (χ2n) is 5.41. The number of carbonyl (C=O) groups is 1. The number of rotatable bonds is 7. The third-order valence-corrected chi connectivity index (χ3v) is 4.48. The van der Waals surface area contributed by atoms with Crippen LogP contribution in [0.15, 0.2) is 65.8 Å². The summed E-state index contributed by atoms with van der Waals surface area (Å²) in [5.41, 5.74) is 7.39. The molecule has 0 fully saturated rings. The van der Waals surface area contributed by atoms with Gasteiger partial charge >= 0.3 is 6.03 Å². The molecule has 26 heavy (non-hydrogen) atoms. The molecule has 0 aromatic heterocycles. The van der Waals surface area contributed by atoms with Crippen LogP contribution in [0.1, 0.15) is 12.5 Å². The van der Waals surface area contributed by atoms with E-state index in [9.17, 15) is 4.79 Å². The third kappa shape index (κ3) is 6.00. The Kier molecular flexibility index (Phi) is 7.82. The van der Waals surface area contributed by atoms with E-state index < -0.39 is 0 Å². The zero-order valence-electron chi connectivity index (χ0n) is 14.8. The lowest BCUT2D eigenvalue weighted by Crippen LogP contribution is -2.37. The highest BCUT2D eigenvalue weighted by atomic mass is 32.2. The van der Waals surface area contributed by atoms with E-state index in [1.54, 1.807) is 12.2 Å². The van der Waals surface area contributed by atoms with Gasteiger partial charge in [-0.25, -0.2) is 4.79 Å². The fraction of sp³-hybridized carbons (Fsp3) is 0.263. The van der Waals surface area contributed by atoms with E-state index in [1.807, 2.05) is 37.3 Å². The van der Waals surface area contributed by atoms with E-state index in [2.05, 4.69) is 22.2 Å². The summed E-state index contributed by atoms with van der Waals surface area (Å²) in [6.07, 6.45) is 6.84. The topological polar surface area (TPSA) is 88.7 Å². The largest absolute Gasteiger partial charge is 0.494 e. The molecule has 1 atom stereocenters. The molecule has 1 aromatic carbocycles. The van der Waals surface area contributed by atoms with Crippen LogP contribution in [0.2, 0.25) is 0 Å². The molecular weight excluding hydrogens is 348 g/mol. The summed E-state index contributed by atoms with van der Waals surface area (Å²) < 4.78 is 5.46. The number of aliphatic imine (C=N–C) groups is 1. The fourth-order valence-corrected chi connectivity index (χ4v) is 3.32. The Morgan fingerprint density at radius 1 is 1.54 bits per heavy atom. The molecule has 0 spiro atoms. The van der Waals surface area contributed by atoms with Gasteiger partial charge in [-0.2, -0.15) is 0 Å². The molecule has 0 bridgehead atoms. The van der Waals surface area contributed by atoms with Crippen LogP contribution in [0.4, 0.5) is 4.79 Å². The predicted octanol–water partition coefficient (Wildman–Crippen LogP) is 2.94. The number of nitrogens with one attached hydrogen (secondary N) is 2. The average Bonchev–Trinajstić information content (AvgIpc) is 3.09. The highest BCUT2D eigenvalue weighted by Gasteiger charge is 2.21. The summed E-state index contributed by atoms with van der Waals surface area (Å²) in [4.78, 5) is 16.6. The Hall–Kier alpha value is -2.67. The quantitative estimate of drug-likeness (QED) is 0.642. The fourth-order valence-electron chi connectivity index (χ4n) is 2.37. The summed E-state index contributed by atoms with van der Waals surface area (Å²) in [5, 5.41) is 6.20. The minimum Gasteiger partial charge on any atom is -0.494 e. The number of urea groups is 1. The van der Waals surface area contributed by atoms with Gasteiger partial charge in [-0.3, -0.25) is 10.3 Å². The van der Waals surface area contributed by atoms with Gasteiger partial charge in [-0.15, -0.1) is 0 Å². The number of ether oxygens (including phenoxy) is 1. The number of hydrogen-bond donors (Lipinski definition) is 3. The lowest BCUT2D eigenvalue weighted by Gasteiger charge is -2.08. The number of nitrogens with zero attached hydrogens (tertiary/aromatic N) is 1. The van der Waals surface area contributed by atoms with Gasteiger partial charge in [0.15, 0.2) is 5.17 Å². The second kappa shape index (κ2) is 10.4. The van der Waals surface area contributed by atoms with E-state index in [0.29, 0.717) is 18.3 Å². The lowest BCUT2D eigenvalue weighted by molar-refractivity contribution is 0.245. The molecule has 6 nitrogen and oxygen atoms in total. The van der Waals surface area contributed by atoms with Gasteiger partial charge in [0.1, 0.15) is 5.75 Å². The monoisotopic (exact) mass is 372 g/mol. The Labute approximate surface area is 158 Å². The van der Waals surface area contributed by atoms with E-state index in [0.717, 1.165) is 22.6 Å². The maximum atomic E-state index is 12.1. The molecule has 2 rings (SSSR count). The first-order chi connectivity index (χ1) is 12.7. The van der Waals surface area contributed by atoms with Gasteiger partial charge in [-0.1, -0.05) is 42.6 Å². The van der Waals surface area contributed by atoms with Crippen LogP contribution in [-0.2, 0) is 6.54 Å². The van der Waals surface area contributed by atoms with Crippen molar-refractivity contribution in [1.82, 2.24) is 10.6 Å². The summed E-state index contributed by atoms with van der Waals surface area (Å²) in [5.74, 6) is 1.54. The number of allylic oxidation sites excluding steroid dienone is 2. The molecule has 4 N–H and O–H groups in total. The molecule has 0 aliphatic carbocycles. The van der Waals surface area contributed by atoms with Gasteiger partial charge in [-0.05, 0) is 42.5 Å². The van der Waals surface area contributed by atoms with Crippen LogP contribution in [0, 0.1) is 0 Å². The third-order valence-electron chi connectivity index (χ3n) is 3.52. The average molecular weight is 372 g/mol. The van der Waals surface area contributed by atoms with Crippen molar-refractivity contribution in [3.05, 3.63) is 66.4 Å². The van der Waals surface area contributed by atoms with Crippen molar-refractivity contribution in [3.8, 4) is 5.75 Å². The van der Waals surface area contributed by atoms with Gasteiger partial charge in [0, 0.05) is 12.3 Å². The number of amidine groups is 1. The van der Waals surface area contributed by atoms with Crippen molar-refractivity contribution in [2.45, 2.75) is 19.5 Å². The van der Waals surface area contributed by atoms with Crippen LogP contribution in [-0.4, -0.2) is 29.6 Å². The molecule has 138 valence electrons. The molecule has 1 heterocycles. The molecular formula is C19H24N4O2S. The van der Waals surface area contributed by atoms with Gasteiger partial charge in [0.2, 0.25) is 0 Å². The summed E-state index contributed by atoms with van der Waals surface area (Å²) >= 11 is 1.50. The van der Waals surface area contributed by atoms with E-state index in [4.69, 9.17) is 10.5 Å². The van der Waals surface area contributed by atoms with Crippen molar-refractivity contribution in [3.63, 3.8) is 0 Å². The van der Waals surface area contributed by atoms with Gasteiger partial charge in [0.05, 0.1) is 12.6 Å². The van der Waals surface area contributed by atoms with Gasteiger partial charge < -0.3 is 15.8 Å². The zero-order chi connectivity index (χ0) is 18.8. The van der Waals surface area contributed by atoms with Crippen molar-refractivity contribution >= 4 is 23.0 Å². The maximum Gasteiger partial charge on any atom is 0.321 e. The van der Waals surface area contributed by atoms with Crippen molar-refractivity contribution in [2.75, 3.05) is 12.4 Å². The standard InChI is InChI=1S/C19H24N4O2S/c1-3-6-15(9-10-20)17-13-26-19(22-17)23-18(24)21-12-14-7-5-8-16(11-14)25-4-2/h3,5-11,17H,1,4,12-13,20H2,2H3,(H2,21,22,23,24)/b10-9-,15-6+. The zero-order valence-corrected chi connectivity index (χ0v) is 15.6. The second-order valence-corrected chi connectivity index (χ2v) is 6.42. The summed E-state index contributed by atoms with van der Waals surface area (Å²) in [6.45, 7) is 6.65. The molecule has 1 aliphatic rings. The summed E-state index contributed by atoms with van der Waals surface area (Å²) in [7, 11) is 0. The molecule has 0 saturated carbocycles. The Morgan fingerprint density at radius 2 is 2.38 bits per heavy atom. The number of carbonyl (C=O) groups excluding carboxylic acids is 1. The SMILES string of the molecule is C=C/C=C(\C=C/N)C1CSC(NC(=O)NCc2cccc(OCC)c2)=N1. The molecule has 0 saturated heterocycles. The molecule has 0 radical (unpaired) electrons.